The van der Waals surface area contributed by atoms with Crippen molar-refractivity contribution in [1.82, 2.24) is 4.98 Å². The van der Waals surface area contributed by atoms with Crippen molar-refractivity contribution in [2.45, 2.75) is 6.92 Å². The first-order valence-electron chi connectivity index (χ1n) is 7.89. The third-order valence-electron chi connectivity index (χ3n) is 3.86. The van der Waals surface area contributed by atoms with Crippen LogP contribution in [0.4, 0.5) is 5.13 Å². The van der Waals surface area contributed by atoms with E-state index in [1.165, 1.54) is 17.4 Å². The monoisotopic (exact) mass is 422 g/mol. The van der Waals surface area contributed by atoms with Crippen molar-refractivity contribution in [3.05, 3.63) is 56.9 Å². The van der Waals surface area contributed by atoms with E-state index in [1.54, 1.807) is 32.4 Å². The Kier molecular flexibility index (Phi) is 5.89. The lowest BCUT2D eigenvalue weighted by molar-refractivity contribution is 0.102. The summed E-state index contributed by atoms with van der Waals surface area (Å²) in [6.07, 6.45) is 0. The van der Waals surface area contributed by atoms with E-state index in [-0.39, 0.29) is 10.9 Å². The fourth-order valence-electron chi connectivity index (χ4n) is 2.53. The van der Waals surface area contributed by atoms with Gasteiger partial charge in [-0.3, -0.25) is 10.1 Å². The smallest absolute Gasteiger partial charge is 0.258 e. The molecular formula is C19H16Cl2N2O3S. The van der Waals surface area contributed by atoms with E-state index in [0.717, 1.165) is 16.1 Å². The summed E-state index contributed by atoms with van der Waals surface area (Å²) >= 11 is 13.3. The van der Waals surface area contributed by atoms with E-state index in [9.17, 15) is 4.79 Å². The Bertz CT molecular complexity index is 1000. The van der Waals surface area contributed by atoms with Crippen LogP contribution in [0.15, 0.2) is 36.4 Å². The molecule has 1 heterocycles. The van der Waals surface area contributed by atoms with E-state index >= 15 is 0 Å². The summed E-state index contributed by atoms with van der Waals surface area (Å²) in [6, 6.07) is 10.2. The standard InChI is InChI=1S/C19H16Cl2N2O3S/c1-10-17(14-7-5-12(25-2)9-16(14)26-3)22-19(27-10)23-18(24)13-6-4-11(20)8-15(13)21/h4-9H,1-3H3,(H,22,23,24). The van der Waals surface area contributed by atoms with Gasteiger partial charge in [0.2, 0.25) is 0 Å². The molecule has 0 saturated heterocycles. The van der Waals surface area contributed by atoms with Gasteiger partial charge in [0.15, 0.2) is 5.13 Å². The van der Waals surface area contributed by atoms with E-state index in [0.29, 0.717) is 27.2 Å². The van der Waals surface area contributed by atoms with Gasteiger partial charge in [-0.25, -0.2) is 4.98 Å². The molecule has 0 unspecified atom stereocenters. The Labute approximate surface area is 170 Å². The number of anilines is 1. The fourth-order valence-corrected chi connectivity index (χ4v) is 3.85. The van der Waals surface area contributed by atoms with Crippen LogP contribution in [-0.4, -0.2) is 25.1 Å². The first-order chi connectivity index (χ1) is 12.9. The van der Waals surface area contributed by atoms with Crippen LogP contribution in [0.25, 0.3) is 11.3 Å². The molecule has 8 heteroatoms. The number of carbonyl (C=O) groups is 1. The first-order valence-corrected chi connectivity index (χ1v) is 9.46. The maximum Gasteiger partial charge on any atom is 0.258 e. The number of thiazole rings is 1. The van der Waals surface area contributed by atoms with Gasteiger partial charge in [-0.2, -0.15) is 0 Å². The minimum Gasteiger partial charge on any atom is -0.497 e. The van der Waals surface area contributed by atoms with Crippen molar-refractivity contribution in [1.29, 1.82) is 0 Å². The maximum atomic E-state index is 12.5. The molecule has 0 aliphatic heterocycles. The molecule has 140 valence electrons. The Morgan fingerprint density at radius 2 is 1.89 bits per heavy atom. The molecule has 1 aromatic heterocycles. The van der Waals surface area contributed by atoms with Crippen molar-refractivity contribution in [2.24, 2.45) is 0 Å². The van der Waals surface area contributed by atoms with Crippen LogP contribution in [0.2, 0.25) is 10.0 Å². The Morgan fingerprint density at radius 1 is 1.11 bits per heavy atom. The van der Waals surface area contributed by atoms with Crippen LogP contribution in [0.3, 0.4) is 0 Å². The van der Waals surface area contributed by atoms with Gasteiger partial charge in [0.1, 0.15) is 11.5 Å². The molecule has 3 aromatic rings. The molecular weight excluding hydrogens is 407 g/mol. The number of rotatable bonds is 5. The summed E-state index contributed by atoms with van der Waals surface area (Å²) in [6.45, 7) is 1.93. The minimum atomic E-state index is -0.348. The SMILES string of the molecule is COc1ccc(-c2nc(NC(=O)c3ccc(Cl)cc3Cl)sc2C)c(OC)c1. The topological polar surface area (TPSA) is 60.5 Å². The number of nitrogens with zero attached hydrogens (tertiary/aromatic N) is 1. The molecule has 0 fully saturated rings. The van der Waals surface area contributed by atoms with Gasteiger partial charge in [0, 0.05) is 21.5 Å². The van der Waals surface area contributed by atoms with Crippen LogP contribution >= 0.6 is 34.5 Å². The molecule has 5 nitrogen and oxygen atoms in total. The van der Waals surface area contributed by atoms with Gasteiger partial charge in [0.05, 0.1) is 30.5 Å². The molecule has 0 atom stereocenters. The zero-order chi connectivity index (χ0) is 19.6. The summed E-state index contributed by atoms with van der Waals surface area (Å²) in [5.41, 5.74) is 1.88. The summed E-state index contributed by atoms with van der Waals surface area (Å²) in [4.78, 5) is 18.0. The van der Waals surface area contributed by atoms with Gasteiger partial charge in [-0.1, -0.05) is 23.2 Å². The Hall–Kier alpha value is -2.28. The zero-order valence-corrected chi connectivity index (χ0v) is 17.1. The van der Waals surface area contributed by atoms with Crippen LogP contribution in [0, 0.1) is 6.92 Å². The number of benzene rings is 2. The van der Waals surface area contributed by atoms with Crippen molar-refractivity contribution >= 4 is 45.6 Å². The highest BCUT2D eigenvalue weighted by molar-refractivity contribution is 7.16. The zero-order valence-electron chi connectivity index (χ0n) is 14.8. The molecule has 0 aliphatic carbocycles. The summed E-state index contributed by atoms with van der Waals surface area (Å²) < 4.78 is 10.7. The van der Waals surface area contributed by atoms with Crippen molar-refractivity contribution in [3.8, 4) is 22.8 Å². The van der Waals surface area contributed by atoms with Gasteiger partial charge in [-0.15, -0.1) is 11.3 Å². The highest BCUT2D eigenvalue weighted by Crippen LogP contribution is 2.38. The second kappa shape index (κ2) is 8.17. The Balaban J connectivity index is 1.90. The predicted molar refractivity (Wildman–Crippen MR) is 110 cm³/mol. The summed E-state index contributed by atoms with van der Waals surface area (Å²) in [7, 11) is 3.18. The van der Waals surface area contributed by atoms with Gasteiger partial charge >= 0.3 is 0 Å². The van der Waals surface area contributed by atoms with E-state index < -0.39 is 0 Å². The second-order valence-electron chi connectivity index (χ2n) is 5.57. The number of carbonyl (C=O) groups excluding carboxylic acids is 1. The molecule has 3 rings (SSSR count). The lowest BCUT2D eigenvalue weighted by atomic mass is 10.1. The van der Waals surface area contributed by atoms with Gasteiger partial charge in [-0.05, 0) is 37.3 Å². The van der Waals surface area contributed by atoms with Crippen LogP contribution in [0.1, 0.15) is 15.2 Å². The molecule has 0 saturated carbocycles. The van der Waals surface area contributed by atoms with Crippen molar-refractivity contribution < 1.29 is 14.3 Å². The number of halogens is 2. The third kappa shape index (κ3) is 4.18. The summed E-state index contributed by atoms with van der Waals surface area (Å²) in [5.74, 6) is 0.981. The second-order valence-corrected chi connectivity index (χ2v) is 7.62. The number of nitrogens with one attached hydrogen (secondary N) is 1. The molecule has 0 aliphatic rings. The van der Waals surface area contributed by atoms with Crippen molar-refractivity contribution in [2.75, 3.05) is 19.5 Å². The molecule has 0 spiro atoms. The van der Waals surface area contributed by atoms with Crippen LogP contribution in [-0.2, 0) is 0 Å². The molecule has 27 heavy (non-hydrogen) atoms. The number of hydrogen-bond acceptors (Lipinski definition) is 5. The van der Waals surface area contributed by atoms with Crippen LogP contribution < -0.4 is 14.8 Å². The van der Waals surface area contributed by atoms with E-state index in [4.69, 9.17) is 32.7 Å². The summed E-state index contributed by atoms with van der Waals surface area (Å²) in [5, 5.41) is 4.00. The quantitative estimate of drug-likeness (QED) is 0.572. The fraction of sp³-hybridized carbons (Fsp3) is 0.158. The number of methoxy groups -OCH3 is 2. The van der Waals surface area contributed by atoms with Gasteiger partial charge < -0.3 is 9.47 Å². The van der Waals surface area contributed by atoms with Crippen molar-refractivity contribution in [3.63, 3.8) is 0 Å². The number of ether oxygens (including phenoxy) is 2. The number of aromatic nitrogens is 1. The molecule has 1 amide bonds. The maximum absolute atomic E-state index is 12.5. The first kappa shape index (κ1) is 19.5. The molecule has 0 bridgehead atoms. The lowest BCUT2D eigenvalue weighted by Gasteiger charge is -2.09. The van der Waals surface area contributed by atoms with E-state index in [2.05, 4.69) is 10.3 Å². The highest BCUT2D eigenvalue weighted by atomic mass is 35.5. The molecule has 1 N–H and O–H groups in total. The third-order valence-corrected chi connectivity index (χ3v) is 5.29. The molecule has 2 aromatic carbocycles. The highest BCUT2D eigenvalue weighted by Gasteiger charge is 2.18. The average Bonchev–Trinajstić information content (AvgIpc) is 3.00. The predicted octanol–water partition coefficient (Wildman–Crippen LogP) is 5.69. The number of hydrogen-bond donors (Lipinski definition) is 1. The lowest BCUT2D eigenvalue weighted by Crippen LogP contribution is -2.12. The Morgan fingerprint density at radius 3 is 2.56 bits per heavy atom. The minimum absolute atomic E-state index is 0.283. The number of amides is 1. The normalized spacial score (nSPS) is 10.6. The van der Waals surface area contributed by atoms with Gasteiger partial charge in [0.25, 0.3) is 5.91 Å². The molecule has 0 radical (unpaired) electrons. The largest absolute Gasteiger partial charge is 0.497 e. The van der Waals surface area contributed by atoms with E-state index in [1.807, 2.05) is 19.1 Å². The average molecular weight is 423 g/mol. The number of aryl methyl sites for hydroxylation is 1. The van der Waals surface area contributed by atoms with Crippen LogP contribution in [0.5, 0.6) is 11.5 Å².